The largest absolute Gasteiger partial charge is 0.397 e. The summed E-state index contributed by atoms with van der Waals surface area (Å²) >= 11 is 0. The molecule has 0 saturated carbocycles. The Labute approximate surface area is 113 Å². The molecule has 2 aromatic rings. The van der Waals surface area contributed by atoms with Gasteiger partial charge in [0, 0.05) is 5.69 Å². The summed E-state index contributed by atoms with van der Waals surface area (Å²) in [4.78, 5) is 23.0. The van der Waals surface area contributed by atoms with E-state index >= 15 is 0 Å². The summed E-state index contributed by atoms with van der Waals surface area (Å²) in [6.45, 7) is 0. The van der Waals surface area contributed by atoms with Crippen LogP contribution in [0.4, 0.5) is 21.5 Å². The number of nitrogen functional groups attached to an aromatic ring is 1. The number of hydrogen-bond donors (Lipinski definition) is 3. The molecule has 0 aliphatic carbocycles. The van der Waals surface area contributed by atoms with Crippen LogP contribution in [0.2, 0.25) is 0 Å². The second-order valence-corrected chi connectivity index (χ2v) is 4.40. The summed E-state index contributed by atoms with van der Waals surface area (Å²) in [7, 11) is 0. The van der Waals surface area contributed by atoms with Gasteiger partial charge in [0.05, 0.1) is 22.5 Å². The van der Waals surface area contributed by atoms with Gasteiger partial charge in [-0.15, -0.1) is 0 Å². The number of carbonyl (C=O) groups excluding carboxylic acids is 2. The van der Waals surface area contributed by atoms with E-state index in [1.807, 2.05) is 0 Å². The summed E-state index contributed by atoms with van der Waals surface area (Å²) in [6, 6.07) is 8.74. The Morgan fingerprint density at radius 1 is 1.00 bits per heavy atom. The van der Waals surface area contributed by atoms with Gasteiger partial charge in [0.2, 0.25) is 0 Å². The predicted molar refractivity (Wildman–Crippen MR) is 72.3 cm³/mol. The van der Waals surface area contributed by atoms with Gasteiger partial charge in [-0.2, -0.15) is 0 Å². The van der Waals surface area contributed by atoms with Crippen LogP contribution in [0.5, 0.6) is 0 Å². The highest BCUT2D eigenvalue weighted by atomic mass is 19.1. The molecule has 0 radical (unpaired) electrons. The van der Waals surface area contributed by atoms with E-state index in [1.165, 1.54) is 18.2 Å². The number of imide groups is 1. The molecule has 2 aromatic carbocycles. The molecule has 4 N–H and O–H groups in total. The average molecular weight is 271 g/mol. The van der Waals surface area contributed by atoms with Crippen molar-refractivity contribution in [2.45, 2.75) is 0 Å². The smallest absolute Gasteiger partial charge is 0.259 e. The molecular weight excluding hydrogens is 261 g/mol. The minimum Gasteiger partial charge on any atom is -0.397 e. The number of carbonyl (C=O) groups is 2. The minimum atomic E-state index is -0.430. The molecule has 1 heterocycles. The summed E-state index contributed by atoms with van der Waals surface area (Å²) in [6.07, 6.45) is 0. The van der Waals surface area contributed by atoms with Crippen molar-refractivity contribution in [3.63, 3.8) is 0 Å². The molecule has 0 fully saturated rings. The van der Waals surface area contributed by atoms with Crippen LogP contribution in [0.1, 0.15) is 20.7 Å². The lowest BCUT2D eigenvalue weighted by molar-refractivity contribution is 0.0879. The van der Waals surface area contributed by atoms with Crippen molar-refractivity contribution in [3.8, 4) is 0 Å². The molecule has 20 heavy (non-hydrogen) atoms. The monoisotopic (exact) mass is 271 g/mol. The van der Waals surface area contributed by atoms with E-state index in [2.05, 4.69) is 10.6 Å². The summed E-state index contributed by atoms with van der Waals surface area (Å²) in [5.74, 6) is -1.26. The van der Waals surface area contributed by atoms with Crippen molar-refractivity contribution in [2.75, 3.05) is 11.1 Å². The van der Waals surface area contributed by atoms with Gasteiger partial charge >= 0.3 is 0 Å². The molecule has 5 nitrogen and oxygen atoms in total. The molecule has 3 rings (SSSR count). The van der Waals surface area contributed by atoms with Gasteiger partial charge in [-0.1, -0.05) is 0 Å². The fourth-order valence-electron chi connectivity index (χ4n) is 2.05. The summed E-state index contributed by atoms with van der Waals surface area (Å²) in [5, 5.41) is 5.19. The van der Waals surface area contributed by atoms with Crippen molar-refractivity contribution < 1.29 is 14.0 Å². The number of halogens is 1. The number of nitrogens with one attached hydrogen (secondary N) is 2. The number of benzene rings is 2. The third-order valence-electron chi connectivity index (χ3n) is 3.03. The van der Waals surface area contributed by atoms with Gasteiger partial charge in [-0.05, 0) is 36.4 Å². The Bertz CT molecular complexity index is 743. The molecule has 6 heteroatoms. The lowest BCUT2D eigenvalue weighted by Gasteiger charge is -2.10. The maximum absolute atomic E-state index is 13.0. The number of anilines is 3. The van der Waals surface area contributed by atoms with Crippen LogP contribution in [0, 0.1) is 5.82 Å². The zero-order valence-corrected chi connectivity index (χ0v) is 10.2. The zero-order valence-electron chi connectivity index (χ0n) is 10.2. The van der Waals surface area contributed by atoms with Crippen LogP contribution in [0.15, 0.2) is 36.4 Å². The lowest BCUT2D eigenvalue weighted by Crippen LogP contribution is -2.19. The molecule has 1 aliphatic heterocycles. The van der Waals surface area contributed by atoms with E-state index < -0.39 is 17.6 Å². The van der Waals surface area contributed by atoms with Gasteiger partial charge in [0.25, 0.3) is 11.8 Å². The highest BCUT2D eigenvalue weighted by Crippen LogP contribution is 2.26. The maximum atomic E-state index is 13.0. The number of amides is 2. The van der Waals surface area contributed by atoms with E-state index in [0.717, 1.165) is 0 Å². The Balaban J connectivity index is 1.95. The van der Waals surface area contributed by atoms with Gasteiger partial charge in [0.1, 0.15) is 5.82 Å². The standard InChI is InChI=1S/C14H10FN3O2/c15-7-1-4-12(11(16)5-7)17-8-2-3-9-10(6-8)14(20)18-13(9)19/h1-6,17H,16H2,(H,18,19,20). The first-order chi connectivity index (χ1) is 9.54. The topological polar surface area (TPSA) is 84.2 Å². The van der Waals surface area contributed by atoms with E-state index in [9.17, 15) is 14.0 Å². The van der Waals surface area contributed by atoms with E-state index in [0.29, 0.717) is 22.5 Å². The molecule has 2 amide bonds. The number of nitrogens with two attached hydrogens (primary N) is 1. The zero-order chi connectivity index (χ0) is 14.3. The van der Waals surface area contributed by atoms with Crippen LogP contribution >= 0.6 is 0 Å². The molecule has 0 atom stereocenters. The molecule has 0 aromatic heterocycles. The predicted octanol–water partition coefficient (Wildman–Crippen LogP) is 2.04. The SMILES string of the molecule is Nc1cc(F)ccc1Nc1ccc2c(c1)C(=O)NC2=O. The Morgan fingerprint density at radius 2 is 1.75 bits per heavy atom. The third-order valence-corrected chi connectivity index (χ3v) is 3.03. The summed E-state index contributed by atoms with van der Waals surface area (Å²) in [5.41, 5.74) is 7.71. The van der Waals surface area contributed by atoms with Crippen LogP contribution in [0.3, 0.4) is 0 Å². The highest BCUT2D eigenvalue weighted by Gasteiger charge is 2.26. The van der Waals surface area contributed by atoms with Crippen molar-refractivity contribution in [2.24, 2.45) is 0 Å². The Morgan fingerprint density at radius 3 is 2.50 bits per heavy atom. The van der Waals surface area contributed by atoms with Crippen molar-refractivity contribution in [3.05, 3.63) is 53.3 Å². The maximum Gasteiger partial charge on any atom is 0.259 e. The average Bonchev–Trinajstić information content (AvgIpc) is 2.68. The van der Waals surface area contributed by atoms with Crippen molar-refractivity contribution >= 4 is 28.9 Å². The molecule has 0 spiro atoms. The molecule has 1 aliphatic rings. The number of fused-ring (bicyclic) bond motifs is 1. The van der Waals surface area contributed by atoms with E-state index in [4.69, 9.17) is 5.73 Å². The Kier molecular flexibility index (Phi) is 2.64. The normalized spacial score (nSPS) is 13.1. The van der Waals surface area contributed by atoms with Gasteiger partial charge in [-0.25, -0.2) is 4.39 Å². The molecule has 100 valence electrons. The van der Waals surface area contributed by atoms with Crippen LogP contribution < -0.4 is 16.4 Å². The second-order valence-electron chi connectivity index (χ2n) is 4.40. The fraction of sp³-hybridized carbons (Fsp3) is 0. The highest BCUT2D eigenvalue weighted by molar-refractivity contribution is 6.21. The number of rotatable bonds is 2. The van der Waals surface area contributed by atoms with Gasteiger partial charge in [-0.3, -0.25) is 14.9 Å². The quantitative estimate of drug-likeness (QED) is 0.576. The van der Waals surface area contributed by atoms with Crippen LogP contribution in [-0.4, -0.2) is 11.8 Å². The molecule has 0 bridgehead atoms. The number of hydrogen-bond acceptors (Lipinski definition) is 4. The molecule has 0 saturated heterocycles. The van der Waals surface area contributed by atoms with Gasteiger partial charge in [0.15, 0.2) is 0 Å². The Hall–Kier alpha value is -2.89. The van der Waals surface area contributed by atoms with Gasteiger partial charge < -0.3 is 11.1 Å². The first-order valence-corrected chi connectivity index (χ1v) is 5.86. The fourth-order valence-corrected chi connectivity index (χ4v) is 2.05. The van der Waals surface area contributed by atoms with Crippen molar-refractivity contribution in [1.82, 2.24) is 5.32 Å². The first kappa shape index (κ1) is 12.2. The molecule has 0 unspecified atom stereocenters. The van der Waals surface area contributed by atoms with Crippen LogP contribution in [0.25, 0.3) is 0 Å². The van der Waals surface area contributed by atoms with E-state index in [1.54, 1.807) is 18.2 Å². The minimum absolute atomic E-state index is 0.256. The summed E-state index contributed by atoms with van der Waals surface area (Å²) < 4.78 is 13.0. The first-order valence-electron chi connectivity index (χ1n) is 5.86. The third kappa shape index (κ3) is 1.97. The lowest BCUT2D eigenvalue weighted by atomic mass is 10.1. The van der Waals surface area contributed by atoms with Crippen molar-refractivity contribution in [1.29, 1.82) is 0 Å². The van der Waals surface area contributed by atoms with Crippen LogP contribution in [-0.2, 0) is 0 Å². The van der Waals surface area contributed by atoms with E-state index in [-0.39, 0.29) is 5.69 Å². The molecular formula is C14H10FN3O2. The second kappa shape index (κ2) is 4.34.